The Labute approximate surface area is 110 Å². The van der Waals surface area contributed by atoms with Crippen LogP contribution in [0.4, 0.5) is 5.69 Å². The Bertz CT molecular complexity index is 524. The zero-order valence-electron chi connectivity index (χ0n) is 10.6. The van der Waals surface area contributed by atoms with Gasteiger partial charge in [0.15, 0.2) is 0 Å². The number of rotatable bonds is 6. The first-order valence-electron chi connectivity index (χ1n) is 5.92. The molecule has 0 spiro atoms. The average molecular weight is 267 g/mol. The molecule has 19 heavy (non-hydrogen) atoms. The number of hydrogen-bond acceptors (Lipinski definition) is 4. The zero-order valence-corrected chi connectivity index (χ0v) is 10.6. The Hall–Kier alpha value is -2.15. The summed E-state index contributed by atoms with van der Waals surface area (Å²) in [6.45, 7) is 2.30. The van der Waals surface area contributed by atoms with Crippen molar-refractivity contribution < 1.29 is 14.7 Å². The summed E-state index contributed by atoms with van der Waals surface area (Å²) < 4.78 is 1.44. The number of carbonyl (C=O) groups is 2. The first-order chi connectivity index (χ1) is 8.93. The van der Waals surface area contributed by atoms with Crippen molar-refractivity contribution in [3.05, 3.63) is 28.7 Å². The topological polar surface area (TPSA) is 114 Å². The molecule has 1 aromatic rings. The average Bonchev–Trinajstić information content (AvgIpc) is 2.37. The van der Waals surface area contributed by atoms with Gasteiger partial charge < -0.3 is 20.7 Å². The van der Waals surface area contributed by atoms with Crippen LogP contribution in [-0.4, -0.2) is 27.6 Å². The maximum Gasteiger partial charge on any atom is 0.303 e. The SMILES string of the molecule is CCn1cc(NC(=O)C(N)CCC(=O)O)ccc1=O. The maximum atomic E-state index is 11.7. The van der Waals surface area contributed by atoms with Gasteiger partial charge in [-0.3, -0.25) is 14.4 Å². The van der Waals surface area contributed by atoms with Crippen LogP contribution in [0.15, 0.2) is 23.1 Å². The second-order valence-corrected chi connectivity index (χ2v) is 4.07. The van der Waals surface area contributed by atoms with Gasteiger partial charge in [0.2, 0.25) is 5.91 Å². The minimum atomic E-state index is -0.997. The van der Waals surface area contributed by atoms with E-state index >= 15 is 0 Å². The zero-order chi connectivity index (χ0) is 14.4. The number of nitrogens with one attached hydrogen (secondary N) is 1. The van der Waals surface area contributed by atoms with Crippen LogP contribution >= 0.6 is 0 Å². The van der Waals surface area contributed by atoms with E-state index in [4.69, 9.17) is 10.8 Å². The van der Waals surface area contributed by atoms with Gasteiger partial charge in [0.05, 0.1) is 11.7 Å². The largest absolute Gasteiger partial charge is 0.481 e. The van der Waals surface area contributed by atoms with Crippen LogP contribution in [0.3, 0.4) is 0 Å². The van der Waals surface area contributed by atoms with Crippen molar-refractivity contribution in [2.24, 2.45) is 5.73 Å². The third-order valence-electron chi connectivity index (χ3n) is 2.60. The predicted molar refractivity (Wildman–Crippen MR) is 69.9 cm³/mol. The number of aryl methyl sites for hydroxylation is 1. The Morgan fingerprint density at radius 2 is 2.16 bits per heavy atom. The second kappa shape index (κ2) is 6.69. The number of nitrogens with zero attached hydrogens (tertiary/aromatic N) is 1. The fourth-order valence-electron chi connectivity index (χ4n) is 1.50. The molecule has 4 N–H and O–H groups in total. The van der Waals surface area contributed by atoms with Crippen molar-refractivity contribution in [2.45, 2.75) is 32.4 Å². The lowest BCUT2D eigenvalue weighted by molar-refractivity contribution is -0.137. The van der Waals surface area contributed by atoms with E-state index in [1.54, 1.807) is 0 Å². The van der Waals surface area contributed by atoms with Gasteiger partial charge in [-0.1, -0.05) is 0 Å². The molecule has 104 valence electrons. The third-order valence-corrected chi connectivity index (χ3v) is 2.60. The minimum Gasteiger partial charge on any atom is -0.481 e. The molecule has 0 fully saturated rings. The molecule has 1 aromatic heterocycles. The van der Waals surface area contributed by atoms with Crippen LogP contribution in [0.25, 0.3) is 0 Å². The van der Waals surface area contributed by atoms with E-state index in [1.807, 2.05) is 6.92 Å². The fourth-order valence-corrected chi connectivity index (χ4v) is 1.50. The van der Waals surface area contributed by atoms with Gasteiger partial charge in [0, 0.05) is 25.2 Å². The summed E-state index contributed by atoms with van der Waals surface area (Å²) in [5.74, 6) is -1.47. The van der Waals surface area contributed by atoms with Crippen molar-refractivity contribution in [3.8, 4) is 0 Å². The molecule has 1 amide bonds. The molecule has 1 unspecified atom stereocenters. The number of nitrogens with two attached hydrogens (primary N) is 1. The van der Waals surface area contributed by atoms with Gasteiger partial charge in [0.1, 0.15) is 0 Å². The third kappa shape index (κ3) is 4.55. The van der Waals surface area contributed by atoms with Crippen LogP contribution < -0.4 is 16.6 Å². The number of carboxylic acid groups (broad SMARTS) is 1. The van der Waals surface area contributed by atoms with Gasteiger partial charge in [-0.2, -0.15) is 0 Å². The molecule has 0 aliphatic heterocycles. The number of hydrogen-bond donors (Lipinski definition) is 3. The molecule has 0 bridgehead atoms. The summed E-state index contributed by atoms with van der Waals surface area (Å²) in [5.41, 5.74) is 5.87. The van der Waals surface area contributed by atoms with Crippen molar-refractivity contribution in [1.82, 2.24) is 4.57 Å². The molecule has 0 saturated heterocycles. The molecule has 0 aromatic carbocycles. The number of anilines is 1. The van der Waals surface area contributed by atoms with Gasteiger partial charge >= 0.3 is 5.97 Å². The van der Waals surface area contributed by atoms with Crippen molar-refractivity contribution in [1.29, 1.82) is 0 Å². The number of aliphatic carboxylic acids is 1. The Morgan fingerprint density at radius 1 is 1.47 bits per heavy atom. The number of amides is 1. The molecule has 0 saturated carbocycles. The van der Waals surface area contributed by atoms with Gasteiger partial charge in [0.25, 0.3) is 5.56 Å². The van der Waals surface area contributed by atoms with Gasteiger partial charge in [-0.15, -0.1) is 0 Å². The van der Waals surface area contributed by atoms with Crippen LogP contribution in [0.2, 0.25) is 0 Å². The van der Waals surface area contributed by atoms with E-state index < -0.39 is 17.9 Å². The highest BCUT2D eigenvalue weighted by molar-refractivity contribution is 5.94. The van der Waals surface area contributed by atoms with Crippen LogP contribution in [0.1, 0.15) is 19.8 Å². The van der Waals surface area contributed by atoms with Crippen molar-refractivity contribution in [2.75, 3.05) is 5.32 Å². The summed E-state index contributed by atoms with van der Waals surface area (Å²) in [5, 5.41) is 11.1. The molecular formula is C12H17N3O4. The number of aromatic nitrogens is 1. The number of pyridine rings is 1. The van der Waals surface area contributed by atoms with Gasteiger partial charge in [-0.05, 0) is 19.4 Å². The summed E-state index contributed by atoms with van der Waals surface area (Å²) in [4.78, 5) is 33.4. The summed E-state index contributed by atoms with van der Waals surface area (Å²) in [7, 11) is 0. The van der Waals surface area contributed by atoms with Crippen LogP contribution in [0, 0.1) is 0 Å². The predicted octanol–water partition coefficient (Wildman–Crippen LogP) is -0.00120. The smallest absolute Gasteiger partial charge is 0.303 e. The lowest BCUT2D eigenvalue weighted by atomic mass is 10.1. The van der Waals surface area contributed by atoms with E-state index in [1.165, 1.54) is 22.9 Å². The quantitative estimate of drug-likeness (QED) is 0.671. The highest BCUT2D eigenvalue weighted by atomic mass is 16.4. The number of carboxylic acids is 1. The van der Waals surface area contributed by atoms with E-state index in [-0.39, 0.29) is 18.4 Å². The Balaban J connectivity index is 2.66. The lowest BCUT2D eigenvalue weighted by Crippen LogP contribution is -2.36. The Kier molecular flexibility index (Phi) is 5.25. The molecule has 0 aliphatic rings. The first-order valence-corrected chi connectivity index (χ1v) is 5.92. The van der Waals surface area contributed by atoms with Gasteiger partial charge in [-0.25, -0.2) is 0 Å². The van der Waals surface area contributed by atoms with Crippen LogP contribution in [-0.2, 0) is 16.1 Å². The number of carbonyl (C=O) groups excluding carboxylic acids is 1. The van der Waals surface area contributed by atoms with E-state index in [0.717, 1.165) is 0 Å². The molecule has 1 rings (SSSR count). The molecule has 7 nitrogen and oxygen atoms in total. The van der Waals surface area contributed by atoms with Crippen molar-refractivity contribution >= 4 is 17.6 Å². The fraction of sp³-hybridized carbons (Fsp3) is 0.417. The molecule has 1 atom stereocenters. The molecule has 0 aliphatic carbocycles. The molecular weight excluding hydrogens is 250 g/mol. The van der Waals surface area contributed by atoms with E-state index in [9.17, 15) is 14.4 Å². The standard InChI is InChI=1S/C12H17N3O4/c1-2-15-7-8(3-5-10(15)16)14-12(19)9(13)4-6-11(17)18/h3,5,7,9H,2,4,6,13H2,1H3,(H,14,19)(H,17,18). The van der Waals surface area contributed by atoms with Crippen LogP contribution in [0.5, 0.6) is 0 Å². The lowest BCUT2D eigenvalue weighted by Gasteiger charge is -2.12. The first kappa shape index (κ1) is 14.9. The van der Waals surface area contributed by atoms with E-state index in [2.05, 4.69) is 5.32 Å². The monoisotopic (exact) mass is 267 g/mol. The van der Waals surface area contributed by atoms with Crippen molar-refractivity contribution in [3.63, 3.8) is 0 Å². The summed E-state index contributed by atoms with van der Waals surface area (Å²) in [6, 6.07) is 1.94. The highest BCUT2D eigenvalue weighted by Crippen LogP contribution is 2.05. The molecule has 7 heteroatoms. The molecule has 0 radical (unpaired) electrons. The van der Waals surface area contributed by atoms with E-state index in [0.29, 0.717) is 12.2 Å². The second-order valence-electron chi connectivity index (χ2n) is 4.07. The maximum absolute atomic E-state index is 11.7. The molecule has 1 heterocycles. The summed E-state index contributed by atoms with van der Waals surface area (Å²) in [6.07, 6.45) is 1.42. The Morgan fingerprint density at radius 3 is 2.74 bits per heavy atom. The highest BCUT2D eigenvalue weighted by Gasteiger charge is 2.15. The summed E-state index contributed by atoms with van der Waals surface area (Å²) >= 11 is 0. The normalized spacial score (nSPS) is 11.9. The minimum absolute atomic E-state index is 0.0641.